The lowest BCUT2D eigenvalue weighted by Crippen LogP contribution is -2.61. The molecule has 0 saturated heterocycles. The number of anilines is 6. The van der Waals surface area contributed by atoms with E-state index in [1.54, 1.807) is 0 Å². The topological polar surface area (TPSA) is 19.6 Å². The molecule has 6 aromatic carbocycles. The fraction of sp³-hybridized carbons (Fsp3) is 0.415. The smallest absolute Gasteiger partial charge is 0.297 e. The number of nitrogens with zero attached hydrogens (tertiary/aromatic N) is 2. The molecule has 0 aliphatic carbocycles. The Bertz CT molecular complexity index is 3020. The third kappa shape index (κ3) is 10.5. The molecule has 0 spiro atoms. The quantitative estimate of drug-likeness (QED) is 0.135. The van der Waals surface area contributed by atoms with Gasteiger partial charge in [0.2, 0.25) is 0 Å². The maximum atomic E-state index is 7.45. The summed E-state index contributed by atoms with van der Waals surface area (Å²) in [4.78, 5) is 5.17. The Morgan fingerprint density at radius 1 is 0.449 bits per heavy atom. The Morgan fingerprint density at radius 3 is 1.52 bits per heavy atom. The normalized spacial score (nSPS) is 14.1. The van der Waals surface area contributed by atoms with E-state index in [9.17, 15) is 0 Å². The minimum atomic E-state index is -0.113. The van der Waals surface area contributed by atoms with Crippen molar-refractivity contribution in [3.05, 3.63) is 149 Å². The van der Waals surface area contributed by atoms with Crippen LogP contribution in [0.4, 0.5) is 34.1 Å². The number of hydrogen-bond acceptors (Lipinski definition) is 3. The fourth-order valence-corrected chi connectivity index (χ4v) is 11.2. The van der Waals surface area contributed by atoms with Gasteiger partial charge in [-0.25, -0.2) is 0 Å². The van der Waals surface area contributed by atoms with E-state index >= 15 is 0 Å². The van der Waals surface area contributed by atoms with Crippen LogP contribution in [0.25, 0.3) is 22.1 Å². The largest absolute Gasteiger partial charge is 0.468 e. The number of hydrogen-bond donors (Lipinski definition) is 0. The van der Waals surface area contributed by atoms with E-state index in [-0.39, 0.29) is 33.8 Å². The molecule has 3 nitrogen and oxygen atoms in total. The lowest BCUT2D eigenvalue weighted by molar-refractivity contribution is 0.378. The van der Waals surface area contributed by atoms with Gasteiger partial charge in [0.1, 0.15) is 5.58 Å². The highest BCUT2D eigenvalue weighted by Crippen LogP contribution is 2.50. The first-order chi connectivity index (χ1) is 32.2. The lowest BCUT2D eigenvalue weighted by Gasteiger charge is -2.43. The van der Waals surface area contributed by atoms with Gasteiger partial charge in [0.25, 0.3) is 6.71 Å². The molecule has 4 heteroatoms. The van der Waals surface area contributed by atoms with Crippen molar-refractivity contribution in [2.75, 3.05) is 9.80 Å². The minimum Gasteiger partial charge on any atom is -0.468 e. The third-order valence-corrected chi connectivity index (χ3v) is 13.8. The van der Waals surface area contributed by atoms with Crippen LogP contribution in [0.1, 0.15) is 144 Å². The molecular formula is C65H79BN2O. The maximum absolute atomic E-state index is 7.45. The summed E-state index contributed by atoms with van der Waals surface area (Å²) < 4.78 is 7.45. The summed E-state index contributed by atoms with van der Waals surface area (Å²) in [5, 5.41) is 1.17. The molecule has 69 heavy (non-hydrogen) atoms. The predicted molar refractivity (Wildman–Crippen MR) is 301 cm³/mol. The zero-order valence-corrected chi connectivity index (χ0v) is 45.1. The van der Waals surface area contributed by atoms with E-state index < -0.39 is 0 Å². The molecule has 1 aromatic heterocycles. The number of rotatable bonds is 9. The summed E-state index contributed by atoms with van der Waals surface area (Å²) in [6.07, 6.45) is 6.19. The molecule has 0 atom stereocenters. The van der Waals surface area contributed by atoms with Crippen LogP contribution >= 0.6 is 0 Å². The van der Waals surface area contributed by atoms with E-state index in [2.05, 4.69) is 236 Å². The van der Waals surface area contributed by atoms with Crippen molar-refractivity contribution in [1.82, 2.24) is 0 Å². The summed E-state index contributed by atoms with van der Waals surface area (Å²) in [6, 6.07) is 45.4. The Morgan fingerprint density at radius 2 is 0.942 bits per heavy atom. The zero-order chi connectivity index (χ0) is 49.6. The highest BCUT2D eigenvalue weighted by Gasteiger charge is 2.47. The van der Waals surface area contributed by atoms with Gasteiger partial charge in [0, 0.05) is 33.7 Å². The highest BCUT2D eigenvalue weighted by molar-refractivity contribution is 7.00. The van der Waals surface area contributed by atoms with Gasteiger partial charge in [-0.05, 0) is 177 Å². The van der Waals surface area contributed by atoms with Crippen molar-refractivity contribution in [1.29, 1.82) is 0 Å². The van der Waals surface area contributed by atoms with Crippen LogP contribution < -0.4 is 26.4 Å². The first kappa shape index (κ1) is 48.5. The molecule has 0 unspecified atom stereocenters. The second kappa shape index (κ2) is 17.4. The SMILES string of the molecule is Cc1cc2c3c(c1)N(c1ccc(CC(C)(C)C)cc1-c1ccc(CC(C)(C)C)cc1)c1c(oc4ccc(CC(C)(C)C)cc14)B3c1cc(CC(C)(C)C)ccc1N2c1ccc(CCC(C)(C)C)cc1. The monoisotopic (exact) mass is 915 g/mol. The molecule has 0 bridgehead atoms. The maximum Gasteiger partial charge on any atom is 0.297 e. The number of furan rings is 1. The zero-order valence-electron chi connectivity index (χ0n) is 45.1. The van der Waals surface area contributed by atoms with E-state index in [1.165, 1.54) is 89.3 Å². The predicted octanol–water partition coefficient (Wildman–Crippen LogP) is 16.8. The molecule has 0 amide bonds. The summed E-state index contributed by atoms with van der Waals surface area (Å²) >= 11 is 0. The molecule has 2 aliphatic rings. The Hall–Kier alpha value is -5.48. The molecule has 3 heterocycles. The first-order valence-electron chi connectivity index (χ1n) is 25.9. The van der Waals surface area contributed by atoms with Crippen molar-refractivity contribution in [3.8, 4) is 11.1 Å². The van der Waals surface area contributed by atoms with Gasteiger partial charge in [-0.2, -0.15) is 0 Å². The summed E-state index contributed by atoms with van der Waals surface area (Å²) in [7, 11) is 0. The third-order valence-electron chi connectivity index (χ3n) is 13.8. The van der Waals surface area contributed by atoms with Gasteiger partial charge in [0.15, 0.2) is 0 Å². The van der Waals surface area contributed by atoms with Crippen LogP contribution in [0.3, 0.4) is 0 Å². The van der Waals surface area contributed by atoms with Gasteiger partial charge in [0.05, 0.1) is 17.0 Å². The van der Waals surface area contributed by atoms with E-state index in [0.717, 1.165) is 55.5 Å². The Balaban J connectivity index is 1.34. The van der Waals surface area contributed by atoms with Crippen molar-refractivity contribution in [3.63, 3.8) is 0 Å². The molecular weight excluding hydrogens is 836 g/mol. The lowest BCUT2D eigenvalue weighted by atomic mass is 9.35. The van der Waals surface area contributed by atoms with Crippen LogP contribution in [-0.4, -0.2) is 6.71 Å². The van der Waals surface area contributed by atoms with Crippen LogP contribution in [0.5, 0.6) is 0 Å². The van der Waals surface area contributed by atoms with Crippen molar-refractivity contribution in [2.45, 2.75) is 149 Å². The van der Waals surface area contributed by atoms with Gasteiger partial charge < -0.3 is 14.2 Å². The van der Waals surface area contributed by atoms with Gasteiger partial charge in [-0.1, -0.05) is 165 Å². The molecule has 7 aromatic rings. The summed E-state index contributed by atoms with van der Waals surface area (Å²) in [5.41, 5.74) is 23.1. The van der Waals surface area contributed by atoms with E-state index in [0.29, 0.717) is 0 Å². The van der Waals surface area contributed by atoms with Gasteiger partial charge in [-0.3, -0.25) is 0 Å². The van der Waals surface area contributed by atoms with Crippen LogP contribution in [0, 0.1) is 34.0 Å². The summed E-state index contributed by atoms with van der Waals surface area (Å²) in [5.74, 6) is 0. The average Bonchev–Trinajstić information content (AvgIpc) is 3.59. The van der Waals surface area contributed by atoms with Crippen LogP contribution in [0.15, 0.2) is 120 Å². The van der Waals surface area contributed by atoms with Crippen molar-refractivity contribution < 1.29 is 4.42 Å². The van der Waals surface area contributed by atoms with Crippen molar-refractivity contribution >= 4 is 68.4 Å². The second-order valence-corrected chi connectivity index (χ2v) is 27.1. The molecule has 0 N–H and O–H groups in total. The Labute approximate surface area is 416 Å². The average molecular weight is 915 g/mol. The van der Waals surface area contributed by atoms with Crippen molar-refractivity contribution in [2.24, 2.45) is 27.1 Å². The van der Waals surface area contributed by atoms with Crippen LogP contribution in [-0.2, 0) is 32.1 Å². The first-order valence-corrected chi connectivity index (χ1v) is 25.9. The number of aryl methyl sites for hydroxylation is 2. The number of fused-ring (bicyclic) bond motifs is 6. The highest BCUT2D eigenvalue weighted by atomic mass is 16.3. The standard InChI is InChI=1S/C65H79BN2O/c1-42-33-55-58-56(34-42)68(53-28-21-45(39-63(8,9)10)35-50(53)48-24-17-44(18-25-48)38-62(5,6)7)59-51-36-46(40-64(11,12)13)23-30-57(51)69-60(59)66(58)52-37-47(41-65(14,15)16)22-29-54(52)67(55)49-26-19-43(20-27-49)31-32-61(2,3)4/h17-30,33-37H,31-32,38-41H2,1-16H3. The molecule has 358 valence electrons. The fourth-order valence-electron chi connectivity index (χ4n) is 11.2. The Kier molecular flexibility index (Phi) is 12.3. The molecule has 2 aliphatic heterocycles. The minimum absolute atomic E-state index is 0.113. The summed E-state index contributed by atoms with van der Waals surface area (Å²) in [6.45, 7) is 37.3. The van der Waals surface area contributed by atoms with E-state index in [4.69, 9.17) is 4.42 Å². The molecule has 0 saturated carbocycles. The molecule has 0 fully saturated rings. The van der Waals surface area contributed by atoms with Gasteiger partial charge >= 0.3 is 0 Å². The van der Waals surface area contributed by atoms with Gasteiger partial charge in [-0.15, -0.1) is 0 Å². The van der Waals surface area contributed by atoms with E-state index in [1.807, 2.05) is 0 Å². The number of benzene rings is 6. The second-order valence-electron chi connectivity index (χ2n) is 27.1. The molecule has 9 rings (SSSR count). The van der Waals surface area contributed by atoms with Crippen LogP contribution in [0.2, 0.25) is 0 Å². The molecule has 0 radical (unpaired) electrons.